The molecule has 1 aliphatic heterocycles. The number of aliphatic hydroxyl groups is 1. The molecule has 0 radical (unpaired) electrons. The number of hydrogen-bond donors (Lipinski definition) is 4. The zero-order chi connectivity index (χ0) is 28.9. The van der Waals surface area contributed by atoms with Crippen LogP contribution in [-0.4, -0.2) is 84.0 Å². The van der Waals surface area contributed by atoms with Crippen LogP contribution in [0.5, 0.6) is 0 Å². The quantitative estimate of drug-likeness (QED) is 0.350. The van der Waals surface area contributed by atoms with Crippen LogP contribution < -0.4 is 16.4 Å². The number of anilines is 1. The van der Waals surface area contributed by atoms with Gasteiger partial charge in [-0.25, -0.2) is 4.39 Å². The first-order chi connectivity index (χ1) is 18.2. The summed E-state index contributed by atoms with van der Waals surface area (Å²) in [7, 11) is 2.01. The van der Waals surface area contributed by atoms with Gasteiger partial charge in [-0.3, -0.25) is 14.9 Å². The van der Waals surface area contributed by atoms with E-state index in [1.165, 1.54) is 12.1 Å². The fraction of sp³-hybridized carbons (Fsp3) is 0.724. The number of carbonyl (C=O) groups is 2. The van der Waals surface area contributed by atoms with Gasteiger partial charge in [0, 0.05) is 32.1 Å². The number of nitrogens with two attached hydrogens (primary N) is 1. The van der Waals surface area contributed by atoms with E-state index in [1.807, 2.05) is 34.7 Å². The highest BCUT2D eigenvalue weighted by atomic mass is 19.1. The zero-order valence-electron chi connectivity index (χ0n) is 24.4. The first kappa shape index (κ1) is 31.4. The van der Waals surface area contributed by atoms with E-state index < -0.39 is 35.8 Å². The summed E-state index contributed by atoms with van der Waals surface area (Å²) in [5, 5.41) is 16.1. The third-order valence-electron chi connectivity index (χ3n) is 8.02. The van der Waals surface area contributed by atoms with E-state index >= 15 is 4.39 Å². The Balaban J connectivity index is 1.73. The van der Waals surface area contributed by atoms with E-state index in [-0.39, 0.29) is 23.4 Å². The Bertz CT molecular complexity index is 971. The highest BCUT2D eigenvalue weighted by molar-refractivity contribution is 5.95. The number of ether oxygens (including phenoxy) is 1. The first-order valence-electron chi connectivity index (χ1n) is 14.2. The lowest BCUT2D eigenvalue weighted by Gasteiger charge is -2.37. The number of hydrogen-bond acceptors (Lipinski definition) is 7. The molecule has 0 spiro atoms. The highest BCUT2D eigenvalue weighted by Gasteiger charge is 2.34. The summed E-state index contributed by atoms with van der Waals surface area (Å²) in [4.78, 5) is 30.3. The van der Waals surface area contributed by atoms with Gasteiger partial charge in [-0.2, -0.15) is 0 Å². The highest BCUT2D eigenvalue weighted by Crippen LogP contribution is 2.31. The van der Waals surface area contributed by atoms with Crippen LogP contribution in [0, 0.1) is 17.7 Å². The van der Waals surface area contributed by atoms with Gasteiger partial charge >= 0.3 is 0 Å². The van der Waals surface area contributed by atoms with Gasteiger partial charge in [0.1, 0.15) is 5.82 Å². The Morgan fingerprint density at radius 1 is 1.13 bits per heavy atom. The van der Waals surface area contributed by atoms with Crippen molar-refractivity contribution in [1.82, 2.24) is 15.1 Å². The van der Waals surface area contributed by atoms with Crippen molar-refractivity contribution >= 4 is 17.5 Å². The minimum Gasteiger partial charge on any atom is -0.356 e. The zero-order valence-corrected chi connectivity index (χ0v) is 24.4. The van der Waals surface area contributed by atoms with Crippen LogP contribution >= 0.6 is 0 Å². The van der Waals surface area contributed by atoms with Crippen molar-refractivity contribution in [3.05, 3.63) is 29.6 Å². The number of aliphatic hydroxyl groups excluding tert-OH is 1. The SMILES string of the molecule is C[C@@H](c1ccc(NC(=O)[C@@H](N)[C@H]2CC[C@H](C)CC2)c(F)c1)[C@@H](NC(O)OC(C)(C)C)C(=O)N1CCN(C)CC1. The Hall–Kier alpha value is -2.11. The standard InChI is InChI=1S/C29H48FN5O4/c1-18-7-9-20(10-8-18)24(31)26(36)32-23-12-11-21(17-22(23)30)19(2)25(33-28(38)39-29(3,4)5)27(37)35-15-13-34(6)14-16-35/h11-12,17-20,24-25,28,33,38H,7-10,13-16,31H2,1-6H3,(H,32,36)/t18-,19-,20-,24-,25+,28?/m0/s1. The summed E-state index contributed by atoms with van der Waals surface area (Å²) in [5.74, 6) is -0.932. The van der Waals surface area contributed by atoms with E-state index in [2.05, 4.69) is 22.5 Å². The lowest BCUT2D eigenvalue weighted by Crippen LogP contribution is -2.57. The molecule has 1 unspecified atom stereocenters. The van der Waals surface area contributed by atoms with Gasteiger partial charge in [-0.05, 0) is 70.2 Å². The molecule has 220 valence electrons. The summed E-state index contributed by atoms with van der Waals surface area (Å²) in [6.45, 7) is 12.1. The van der Waals surface area contributed by atoms with Gasteiger partial charge in [0.25, 0.3) is 0 Å². The number of carbonyl (C=O) groups excluding carboxylic acids is 2. The van der Waals surface area contributed by atoms with E-state index in [4.69, 9.17) is 10.5 Å². The van der Waals surface area contributed by atoms with Crippen molar-refractivity contribution in [2.75, 3.05) is 38.5 Å². The topological polar surface area (TPSA) is 120 Å². The van der Waals surface area contributed by atoms with Crippen molar-refractivity contribution in [2.24, 2.45) is 17.6 Å². The molecule has 9 nitrogen and oxygen atoms in total. The second kappa shape index (κ2) is 13.5. The largest absolute Gasteiger partial charge is 0.356 e. The minimum atomic E-state index is -1.39. The van der Waals surface area contributed by atoms with E-state index in [0.717, 1.165) is 38.8 Å². The molecule has 5 N–H and O–H groups in total. The molecule has 1 saturated carbocycles. The first-order valence-corrected chi connectivity index (χ1v) is 14.2. The lowest BCUT2D eigenvalue weighted by molar-refractivity contribution is -0.189. The normalized spacial score (nSPS) is 24.1. The molecule has 1 aromatic rings. The van der Waals surface area contributed by atoms with E-state index in [9.17, 15) is 14.7 Å². The van der Waals surface area contributed by atoms with Gasteiger partial charge in [-0.1, -0.05) is 32.8 Å². The molecule has 2 fully saturated rings. The predicted octanol–water partition coefficient (Wildman–Crippen LogP) is 2.84. The van der Waals surface area contributed by atoms with Gasteiger partial charge in [0.05, 0.1) is 23.4 Å². The molecule has 39 heavy (non-hydrogen) atoms. The molecule has 1 aliphatic carbocycles. The van der Waals surface area contributed by atoms with E-state index in [1.54, 1.807) is 11.0 Å². The molecule has 0 aromatic heterocycles. The average molecular weight is 550 g/mol. The second-order valence-corrected chi connectivity index (χ2v) is 12.4. The monoisotopic (exact) mass is 549 g/mol. The maximum atomic E-state index is 15.2. The van der Waals surface area contributed by atoms with Gasteiger partial charge in [0.2, 0.25) is 18.2 Å². The number of benzene rings is 1. The van der Waals surface area contributed by atoms with Crippen LogP contribution in [0.3, 0.4) is 0 Å². The van der Waals surface area contributed by atoms with Gasteiger partial charge in [-0.15, -0.1) is 0 Å². The summed E-state index contributed by atoms with van der Waals surface area (Å²) < 4.78 is 20.8. The van der Waals surface area contributed by atoms with Gasteiger partial charge < -0.3 is 30.7 Å². The number of amides is 2. The Labute approximate surface area is 232 Å². The van der Waals surface area contributed by atoms with Crippen LogP contribution in [0.15, 0.2) is 18.2 Å². The molecule has 2 amide bonds. The fourth-order valence-corrected chi connectivity index (χ4v) is 5.36. The number of rotatable bonds is 9. The predicted molar refractivity (Wildman–Crippen MR) is 150 cm³/mol. The third-order valence-corrected chi connectivity index (χ3v) is 8.02. The van der Waals surface area contributed by atoms with Crippen LogP contribution in [-0.2, 0) is 14.3 Å². The van der Waals surface area contributed by atoms with Crippen LogP contribution in [0.2, 0.25) is 0 Å². The number of nitrogens with one attached hydrogen (secondary N) is 2. The van der Waals surface area contributed by atoms with Gasteiger partial charge in [0.15, 0.2) is 0 Å². The number of halogens is 1. The fourth-order valence-electron chi connectivity index (χ4n) is 5.36. The summed E-state index contributed by atoms with van der Waals surface area (Å²) >= 11 is 0. The Morgan fingerprint density at radius 3 is 2.31 bits per heavy atom. The molecule has 10 heteroatoms. The van der Waals surface area contributed by atoms with Crippen molar-refractivity contribution in [3.8, 4) is 0 Å². The molecule has 1 saturated heterocycles. The second-order valence-electron chi connectivity index (χ2n) is 12.4. The Kier molecular flexibility index (Phi) is 10.9. The number of nitrogens with zero attached hydrogens (tertiary/aromatic N) is 2. The number of likely N-dealkylation sites (N-methyl/N-ethyl adjacent to an activating group) is 1. The van der Waals surface area contributed by atoms with Crippen LogP contribution in [0.25, 0.3) is 0 Å². The smallest absolute Gasteiger partial charge is 0.241 e. The van der Waals surface area contributed by atoms with Crippen molar-refractivity contribution < 1.29 is 23.8 Å². The minimum absolute atomic E-state index is 0.0570. The summed E-state index contributed by atoms with van der Waals surface area (Å²) in [5.41, 5.74) is 6.21. The molecule has 1 aromatic carbocycles. The van der Waals surface area contributed by atoms with Crippen LogP contribution in [0.4, 0.5) is 10.1 Å². The molecular weight excluding hydrogens is 501 g/mol. The van der Waals surface area contributed by atoms with E-state index in [0.29, 0.717) is 24.6 Å². The summed E-state index contributed by atoms with van der Waals surface area (Å²) in [6, 6.07) is 2.99. The number of piperazine rings is 1. The third kappa shape index (κ3) is 8.94. The average Bonchev–Trinajstić information content (AvgIpc) is 2.87. The molecule has 1 heterocycles. The van der Waals surface area contributed by atoms with Crippen LogP contribution in [0.1, 0.15) is 71.8 Å². The Morgan fingerprint density at radius 2 is 1.74 bits per heavy atom. The molecule has 2 aliphatic rings. The molecule has 0 bridgehead atoms. The van der Waals surface area contributed by atoms with Crippen molar-refractivity contribution in [1.29, 1.82) is 0 Å². The lowest BCUT2D eigenvalue weighted by atomic mass is 9.79. The summed E-state index contributed by atoms with van der Waals surface area (Å²) in [6.07, 6.45) is 2.50. The van der Waals surface area contributed by atoms with Crippen molar-refractivity contribution in [2.45, 2.75) is 90.3 Å². The molecule has 3 rings (SSSR count). The van der Waals surface area contributed by atoms with Crippen molar-refractivity contribution in [3.63, 3.8) is 0 Å². The maximum Gasteiger partial charge on any atom is 0.241 e. The molecule has 4 atom stereocenters. The maximum absolute atomic E-state index is 15.2. The molecular formula is C29H48FN5O4.